The average molecular weight is 175 g/mol. The fourth-order valence-electron chi connectivity index (χ4n) is 0.902. The summed E-state index contributed by atoms with van der Waals surface area (Å²) in [5.74, 6) is 5.52. The standard InChI is InChI=1S/C10H9NO2/c1-13-10-7-8(3-2-6-12)4-5-9(10)11/h4-7H,11H2,1H3. The molecule has 0 aliphatic heterocycles. The number of nitrogen functional groups attached to an aromatic ring is 1. The van der Waals surface area contributed by atoms with Crippen molar-refractivity contribution in [2.75, 3.05) is 12.8 Å². The van der Waals surface area contributed by atoms with Crippen LogP contribution < -0.4 is 10.5 Å². The molecule has 2 N–H and O–H groups in total. The van der Waals surface area contributed by atoms with Gasteiger partial charge in [-0.3, -0.25) is 4.79 Å². The molecular weight excluding hydrogens is 166 g/mol. The van der Waals surface area contributed by atoms with E-state index in [4.69, 9.17) is 10.5 Å². The van der Waals surface area contributed by atoms with Gasteiger partial charge in [-0.2, -0.15) is 0 Å². The van der Waals surface area contributed by atoms with E-state index in [-0.39, 0.29) is 0 Å². The summed E-state index contributed by atoms with van der Waals surface area (Å²) >= 11 is 0. The van der Waals surface area contributed by atoms with E-state index in [0.717, 1.165) is 0 Å². The van der Waals surface area contributed by atoms with E-state index in [0.29, 0.717) is 23.3 Å². The van der Waals surface area contributed by atoms with Crippen LogP contribution in [0.2, 0.25) is 0 Å². The molecule has 3 heteroatoms. The van der Waals surface area contributed by atoms with Gasteiger partial charge in [0.15, 0.2) is 6.29 Å². The molecule has 1 aromatic rings. The van der Waals surface area contributed by atoms with Gasteiger partial charge in [0.25, 0.3) is 0 Å². The fourth-order valence-corrected chi connectivity index (χ4v) is 0.902. The molecular formula is C10H9NO2. The number of anilines is 1. The summed E-state index contributed by atoms with van der Waals surface area (Å²) < 4.78 is 4.98. The van der Waals surface area contributed by atoms with Crippen LogP contribution in [0.5, 0.6) is 5.75 Å². The SMILES string of the molecule is COc1cc(C#CC=O)ccc1N. The van der Waals surface area contributed by atoms with E-state index in [1.54, 1.807) is 18.2 Å². The predicted octanol–water partition coefficient (Wildman–Crippen LogP) is 0.828. The molecule has 0 unspecified atom stereocenters. The van der Waals surface area contributed by atoms with E-state index in [2.05, 4.69) is 11.8 Å². The molecule has 0 amide bonds. The summed E-state index contributed by atoms with van der Waals surface area (Å²) in [7, 11) is 1.53. The first-order valence-corrected chi connectivity index (χ1v) is 3.66. The van der Waals surface area contributed by atoms with Crippen molar-refractivity contribution in [2.45, 2.75) is 0 Å². The van der Waals surface area contributed by atoms with Gasteiger partial charge < -0.3 is 10.5 Å². The van der Waals surface area contributed by atoms with Crippen molar-refractivity contribution in [2.24, 2.45) is 0 Å². The molecule has 0 atom stereocenters. The van der Waals surface area contributed by atoms with Crippen LogP contribution in [0, 0.1) is 11.8 Å². The quantitative estimate of drug-likeness (QED) is 0.390. The largest absolute Gasteiger partial charge is 0.495 e. The lowest BCUT2D eigenvalue weighted by molar-refractivity contribution is -0.103. The van der Waals surface area contributed by atoms with Crippen LogP contribution in [0.25, 0.3) is 0 Å². The molecule has 1 aromatic carbocycles. The Morgan fingerprint density at radius 1 is 1.54 bits per heavy atom. The zero-order chi connectivity index (χ0) is 9.68. The van der Waals surface area contributed by atoms with Crippen LogP contribution in [0.1, 0.15) is 5.56 Å². The Bertz CT molecular complexity index is 374. The van der Waals surface area contributed by atoms with Gasteiger partial charge in [-0.1, -0.05) is 5.92 Å². The van der Waals surface area contributed by atoms with Crippen molar-refractivity contribution in [1.29, 1.82) is 0 Å². The van der Waals surface area contributed by atoms with E-state index in [9.17, 15) is 4.79 Å². The maximum atomic E-state index is 9.97. The number of carbonyl (C=O) groups is 1. The Hall–Kier alpha value is -1.95. The zero-order valence-corrected chi connectivity index (χ0v) is 7.20. The maximum absolute atomic E-state index is 9.97. The molecule has 0 fully saturated rings. The predicted molar refractivity (Wildman–Crippen MR) is 50.3 cm³/mol. The molecule has 0 spiro atoms. The molecule has 0 aliphatic rings. The number of hydrogen-bond donors (Lipinski definition) is 1. The first-order chi connectivity index (χ1) is 6.27. The summed E-state index contributed by atoms with van der Waals surface area (Å²) in [6, 6.07) is 5.10. The van der Waals surface area contributed by atoms with Gasteiger partial charge in [0.1, 0.15) is 5.75 Å². The van der Waals surface area contributed by atoms with Crippen molar-refractivity contribution in [3.8, 4) is 17.6 Å². The van der Waals surface area contributed by atoms with Gasteiger partial charge in [0, 0.05) is 5.56 Å². The average Bonchev–Trinajstić information content (AvgIpc) is 2.16. The van der Waals surface area contributed by atoms with Gasteiger partial charge in [0.05, 0.1) is 12.8 Å². The number of rotatable bonds is 1. The number of carbonyl (C=O) groups excluding carboxylic acids is 1. The monoisotopic (exact) mass is 175 g/mol. The number of benzene rings is 1. The van der Waals surface area contributed by atoms with Crippen molar-refractivity contribution >= 4 is 12.0 Å². The van der Waals surface area contributed by atoms with Crippen molar-refractivity contribution in [3.05, 3.63) is 23.8 Å². The number of hydrogen-bond acceptors (Lipinski definition) is 3. The highest BCUT2D eigenvalue weighted by atomic mass is 16.5. The molecule has 0 radical (unpaired) electrons. The van der Waals surface area contributed by atoms with Gasteiger partial charge in [0.2, 0.25) is 0 Å². The number of nitrogens with two attached hydrogens (primary N) is 1. The third-order valence-corrected chi connectivity index (χ3v) is 1.51. The molecule has 0 aromatic heterocycles. The van der Waals surface area contributed by atoms with Crippen LogP contribution in [0.4, 0.5) is 5.69 Å². The second-order valence-electron chi connectivity index (χ2n) is 2.34. The zero-order valence-electron chi connectivity index (χ0n) is 7.20. The maximum Gasteiger partial charge on any atom is 0.193 e. The Kier molecular flexibility index (Phi) is 2.93. The second kappa shape index (κ2) is 4.17. The second-order valence-corrected chi connectivity index (χ2v) is 2.34. The highest BCUT2D eigenvalue weighted by molar-refractivity contribution is 5.74. The van der Waals surface area contributed by atoms with Crippen LogP contribution in [0.15, 0.2) is 18.2 Å². The molecule has 3 nitrogen and oxygen atoms in total. The molecule has 0 saturated heterocycles. The van der Waals surface area contributed by atoms with E-state index in [1.807, 2.05) is 0 Å². The highest BCUT2D eigenvalue weighted by Crippen LogP contribution is 2.21. The van der Waals surface area contributed by atoms with E-state index in [1.165, 1.54) is 7.11 Å². The lowest BCUT2D eigenvalue weighted by atomic mass is 10.2. The topological polar surface area (TPSA) is 52.3 Å². The minimum absolute atomic E-state index is 0.544. The number of methoxy groups -OCH3 is 1. The third kappa shape index (κ3) is 2.24. The lowest BCUT2D eigenvalue weighted by Gasteiger charge is -2.03. The van der Waals surface area contributed by atoms with Crippen molar-refractivity contribution < 1.29 is 9.53 Å². The smallest absolute Gasteiger partial charge is 0.193 e. The van der Waals surface area contributed by atoms with Crippen LogP contribution in [-0.2, 0) is 4.79 Å². The summed E-state index contributed by atoms with van der Waals surface area (Å²) in [4.78, 5) is 9.97. The summed E-state index contributed by atoms with van der Waals surface area (Å²) in [6.07, 6.45) is 0.544. The Morgan fingerprint density at radius 2 is 2.31 bits per heavy atom. The van der Waals surface area contributed by atoms with E-state index >= 15 is 0 Å². The molecule has 1 rings (SSSR count). The van der Waals surface area contributed by atoms with Crippen molar-refractivity contribution in [1.82, 2.24) is 0 Å². The van der Waals surface area contributed by atoms with Gasteiger partial charge in [-0.25, -0.2) is 0 Å². The fraction of sp³-hybridized carbons (Fsp3) is 0.100. The summed E-state index contributed by atoms with van der Waals surface area (Å²) in [6.45, 7) is 0. The molecule has 13 heavy (non-hydrogen) atoms. The summed E-state index contributed by atoms with van der Waals surface area (Å²) in [5.41, 5.74) is 6.85. The van der Waals surface area contributed by atoms with Gasteiger partial charge in [-0.15, -0.1) is 0 Å². The minimum Gasteiger partial charge on any atom is -0.495 e. The Labute approximate surface area is 76.5 Å². The van der Waals surface area contributed by atoms with Crippen LogP contribution in [0.3, 0.4) is 0 Å². The first kappa shape index (κ1) is 9.14. The number of aldehydes is 1. The van der Waals surface area contributed by atoms with Gasteiger partial charge >= 0.3 is 0 Å². The molecule has 0 heterocycles. The molecule has 66 valence electrons. The van der Waals surface area contributed by atoms with Crippen molar-refractivity contribution in [3.63, 3.8) is 0 Å². The van der Waals surface area contributed by atoms with Crippen LogP contribution in [-0.4, -0.2) is 13.4 Å². The molecule has 0 aliphatic carbocycles. The third-order valence-electron chi connectivity index (χ3n) is 1.51. The van der Waals surface area contributed by atoms with Crippen LogP contribution >= 0.6 is 0 Å². The van der Waals surface area contributed by atoms with Gasteiger partial charge in [-0.05, 0) is 24.1 Å². The van der Waals surface area contributed by atoms with E-state index < -0.39 is 0 Å². The first-order valence-electron chi connectivity index (χ1n) is 3.66. The molecule has 0 saturated carbocycles. The minimum atomic E-state index is 0.544. The lowest BCUT2D eigenvalue weighted by Crippen LogP contribution is -1.92. The Balaban J connectivity index is 3.06. The molecule has 0 bridgehead atoms. The Morgan fingerprint density at radius 3 is 2.92 bits per heavy atom. The highest BCUT2D eigenvalue weighted by Gasteiger charge is 1.97. The normalized spacial score (nSPS) is 8.38. The summed E-state index contributed by atoms with van der Waals surface area (Å²) in [5, 5.41) is 0. The number of ether oxygens (including phenoxy) is 1.